The number of carbonyl (C=O) groups is 1. The molecule has 5 rings (SSSR count). The molecular formula is C28H26N6O3. The summed E-state index contributed by atoms with van der Waals surface area (Å²) < 4.78 is 1.34. The van der Waals surface area contributed by atoms with Gasteiger partial charge >= 0.3 is 0 Å². The van der Waals surface area contributed by atoms with E-state index in [2.05, 4.69) is 19.9 Å². The van der Waals surface area contributed by atoms with Gasteiger partial charge in [-0.05, 0) is 41.5 Å². The smallest absolute Gasteiger partial charge is 0.274 e. The number of H-pyrrole nitrogens is 1. The van der Waals surface area contributed by atoms with E-state index < -0.39 is 0 Å². The van der Waals surface area contributed by atoms with Crippen molar-refractivity contribution in [2.24, 2.45) is 7.05 Å². The number of anilines is 1. The highest BCUT2D eigenvalue weighted by atomic mass is 16.2. The second kappa shape index (κ2) is 10.4. The van der Waals surface area contributed by atoms with Crippen molar-refractivity contribution in [1.82, 2.24) is 24.4 Å². The first kappa shape index (κ1) is 23.9. The van der Waals surface area contributed by atoms with Crippen molar-refractivity contribution < 1.29 is 4.79 Å². The molecule has 0 saturated carbocycles. The Hall–Kier alpha value is -4.79. The number of hydrogen-bond donors (Lipinski definition) is 1. The lowest BCUT2D eigenvalue weighted by molar-refractivity contribution is 0.0746. The number of nitrogens with one attached hydrogen (secondary N) is 1. The van der Waals surface area contributed by atoms with E-state index in [0.717, 1.165) is 5.56 Å². The third-order valence-electron chi connectivity index (χ3n) is 6.35. The largest absolute Gasteiger partial charge is 0.337 e. The monoisotopic (exact) mass is 494 g/mol. The van der Waals surface area contributed by atoms with E-state index >= 15 is 0 Å². The quantitative estimate of drug-likeness (QED) is 0.443. The molecule has 4 aromatic rings. The molecule has 1 saturated heterocycles. The molecule has 1 N–H and O–H groups in total. The lowest BCUT2D eigenvalue weighted by atomic mass is 10.1. The Morgan fingerprint density at radius 1 is 0.838 bits per heavy atom. The van der Waals surface area contributed by atoms with Crippen molar-refractivity contribution in [3.8, 4) is 0 Å². The number of benzene rings is 2. The molecular weight excluding hydrogens is 468 g/mol. The standard InChI is InChI=1S/C28H26N6O3/c1-32-24(19-20-6-3-2-4-7-20)25(35)31-23(27(32)37)18-21-8-10-22(11-9-21)26(36)33-14-16-34(17-15-33)28-29-12-5-13-30-28/h2-13,18-19H,14-17H2,1H3,(H,31,35)/b23-18-,24-19-. The summed E-state index contributed by atoms with van der Waals surface area (Å²) in [7, 11) is 1.58. The SMILES string of the molecule is Cn1c(=O)/c(=C/c2ccc(C(=O)N3CCN(c4ncccn4)CC3)cc2)[nH]c(=O)/c1=C/c1ccccc1. The highest BCUT2D eigenvalue weighted by Gasteiger charge is 2.23. The van der Waals surface area contributed by atoms with Crippen molar-refractivity contribution in [2.75, 3.05) is 31.1 Å². The van der Waals surface area contributed by atoms with Crippen LogP contribution in [-0.4, -0.2) is 56.5 Å². The maximum absolute atomic E-state index is 13.0. The summed E-state index contributed by atoms with van der Waals surface area (Å²) in [5.41, 5.74) is 1.42. The molecule has 0 unspecified atom stereocenters. The molecule has 2 aromatic heterocycles. The van der Waals surface area contributed by atoms with Crippen LogP contribution in [0.3, 0.4) is 0 Å². The summed E-state index contributed by atoms with van der Waals surface area (Å²) in [5, 5.41) is 0.448. The predicted octanol–water partition coefficient (Wildman–Crippen LogP) is 0.484. The zero-order chi connectivity index (χ0) is 25.8. The molecule has 1 amide bonds. The summed E-state index contributed by atoms with van der Waals surface area (Å²) in [6, 6.07) is 18.1. The second-order valence-corrected chi connectivity index (χ2v) is 8.77. The fourth-order valence-corrected chi connectivity index (χ4v) is 4.28. The number of amides is 1. The lowest BCUT2D eigenvalue weighted by Gasteiger charge is -2.34. The molecule has 3 heterocycles. The zero-order valence-corrected chi connectivity index (χ0v) is 20.4. The Morgan fingerprint density at radius 2 is 1.49 bits per heavy atom. The van der Waals surface area contributed by atoms with Gasteiger partial charge in [-0.15, -0.1) is 0 Å². The van der Waals surface area contributed by atoms with Gasteiger partial charge in [0.05, 0.1) is 0 Å². The number of carbonyl (C=O) groups excluding carboxylic acids is 1. The van der Waals surface area contributed by atoms with Gasteiger partial charge in [-0.25, -0.2) is 9.97 Å². The summed E-state index contributed by atoms with van der Waals surface area (Å²) in [4.78, 5) is 53.8. The van der Waals surface area contributed by atoms with Crippen LogP contribution in [0.15, 0.2) is 82.6 Å². The second-order valence-electron chi connectivity index (χ2n) is 8.77. The van der Waals surface area contributed by atoms with Crippen molar-refractivity contribution in [3.05, 3.63) is 121 Å². The summed E-state index contributed by atoms with van der Waals surface area (Å²) in [6.45, 7) is 2.48. The van der Waals surface area contributed by atoms with E-state index in [4.69, 9.17) is 0 Å². The molecule has 0 atom stereocenters. The van der Waals surface area contributed by atoms with E-state index in [1.54, 1.807) is 61.9 Å². The van der Waals surface area contributed by atoms with Gasteiger partial charge in [0.1, 0.15) is 10.7 Å². The van der Waals surface area contributed by atoms with Gasteiger partial charge in [-0.2, -0.15) is 0 Å². The Kier molecular flexibility index (Phi) is 6.76. The summed E-state index contributed by atoms with van der Waals surface area (Å²) >= 11 is 0. The number of aromatic amines is 1. The lowest BCUT2D eigenvalue weighted by Crippen LogP contribution is -2.52. The first-order valence-electron chi connectivity index (χ1n) is 12.0. The van der Waals surface area contributed by atoms with E-state index in [-0.39, 0.29) is 27.7 Å². The van der Waals surface area contributed by atoms with E-state index in [1.165, 1.54) is 4.57 Å². The minimum atomic E-state index is -0.357. The maximum Gasteiger partial charge on any atom is 0.274 e. The van der Waals surface area contributed by atoms with Crippen LogP contribution in [0.5, 0.6) is 0 Å². The molecule has 37 heavy (non-hydrogen) atoms. The van der Waals surface area contributed by atoms with Gasteiger partial charge in [-0.1, -0.05) is 42.5 Å². The van der Waals surface area contributed by atoms with Crippen LogP contribution < -0.4 is 26.7 Å². The third kappa shape index (κ3) is 5.25. The highest BCUT2D eigenvalue weighted by Crippen LogP contribution is 2.13. The van der Waals surface area contributed by atoms with Crippen LogP contribution in [0.4, 0.5) is 5.95 Å². The van der Waals surface area contributed by atoms with Crippen LogP contribution in [-0.2, 0) is 7.05 Å². The molecule has 1 aliphatic rings. The summed E-state index contributed by atoms with van der Waals surface area (Å²) in [6.07, 6.45) is 6.71. The van der Waals surface area contributed by atoms with Crippen molar-refractivity contribution >= 4 is 24.0 Å². The van der Waals surface area contributed by atoms with Gasteiger partial charge in [0, 0.05) is 51.2 Å². The molecule has 2 aromatic carbocycles. The molecule has 0 aliphatic carbocycles. The van der Waals surface area contributed by atoms with Gasteiger partial charge in [0.25, 0.3) is 17.0 Å². The maximum atomic E-state index is 13.0. The first-order chi connectivity index (χ1) is 18.0. The molecule has 9 heteroatoms. The third-order valence-corrected chi connectivity index (χ3v) is 6.35. The number of rotatable bonds is 4. The molecule has 0 bridgehead atoms. The molecule has 186 valence electrons. The fourth-order valence-electron chi connectivity index (χ4n) is 4.28. The van der Waals surface area contributed by atoms with Gasteiger partial charge in [-0.3, -0.25) is 14.4 Å². The highest BCUT2D eigenvalue weighted by molar-refractivity contribution is 5.94. The number of aromatic nitrogens is 4. The minimum absolute atomic E-state index is 0.0506. The Morgan fingerprint density at radius 3 is 2.16 bits per heavy atom. The van der Waals surface area contributed by atoms with E-state index in [0.29, 0.717) is 43.3 Å². The molecule has 0 spiro atoms. The van der Waals surface area contributed by atoms with E-state index in [9.17, 15) is 14.4 Å². The normalized spacial score (nSPS) is 14.7. The van der Waals surface area contributed by atoms with Crippen molar-refractivity contribution in [2.45, 2.75) is 0 Å². The molecule has 1 fully saturated rings. The topological polar surface area (TPSA) is 104 Å². The van der Waals surface area contributed by atoms with Gasteiger partial charge in [0.2, 0.25) is 5.95 Å². The fraction of sp³-hybridized carbons (Fsp3) is 0.179. The average Bonchev–Trinajstić information content (AvgIpc) is 2.95. The van der Waals surface area contributed by atoms with Crippen LogP contribution in [0, 0.1) is 0 Å². The van der Waals surface area contributed by atoms with Crippen LogP contribution in [0.1, 0.15) is 21.5 Å². The predicted molar refractivity (Wildman–Crippen MR) is 142 cm³/mol. The number of hydrogen-bond acceptors (Lipinski definition) is 6. The summed E-state index contributed by atoms with van der Waals surface area (Å²) in [5.74, 6) is 0.620. The zero-order valence-electron chi connectivity index (χ0n) is 20.4. The number of piperazine rings is 1. The average molecular weight is 495 g/mol. The molecule has 0 radical (unpaired) electrons. The van der Waals surface area contributed by atoms with Crippen molar-refractivity contribution in [1.29, 1.82) is 0 Å². The van der Waals surface area contributed by atoms with Gasteiger partial charge in [0.15, 0.2) is 0 Å². The van der Waals surface area contributed by atoms with Crippen LogP contribution >= 0.6 is 0 Å². The van der Waals surface area contributed by atoms with Crippen LogP contribution in [0.2, 0.25) is 0 Å². The van der Waals surface area contributed by atoms with Crippen molar-refractivity contribution in [3.63, 3.8) is 0 Å². The van der Waals surface area contributed by atoms with E-state index in [1.807, 2.05) is 35.2 Å². The van der Waals surface area contributed by atoms with Crippen LogP contribution in [0.25, 0.3) is 12.2 Å². The molecule has 9 nitrogen and oxygen atoms in total. The first-order valence-corrected chi connectivity index (χ1v) is 12.0. The number of nitrogens with zero attached hydrogens (tertiary/aromatic N) is 5. The Balaban J connectivity index is 1.33. The Labute approximate surface area is 212 Å². The molecule has 1 aliphatic heterocycles. The Bertz CT molecular complexity index is 1640. The van der Waals surface area contributed by atoms with Gasteiger partial charge < -0.3 is 19.4 Å². The minimum Gasteiger partial charge on any atom is -0.337 e.